The summed E-state index contributed by atoms with van der Waals surface area (Å²) in [6, 6.07) is 6.82. The Hall–Kier alpha value is -2.34. The van der Waals surface area contributed by atoms with Gasteiger partial charge in [-0.3, -0.25) is 0 Å². The van der Waals surface area contributed by atoms with Gasteiger partial charge in [-0.2, -0.15) is 0 Å². The zero-order valence-electron chi connectivity index (χ0n) is 11.7. The second-order valence-electron chi connectivity index (χ2n) is 4.88. The van der Waals surface area contributed by atoms with Crippen LogP contribution >= 0.6 is 0 Å². The Labute approximate surface area is 123 Å². The number of phenolic OH excluding ortho intramolecular Hbond substituents is 1. The molecule has 1 saturated heterocycles. The highest BCUT2D eigenvalue weighted by Gasteiger charge is 2.12. The Kier molecular flexibility index (Phi) is 4.16. The number of nitrogens with zero attached hydrogens (tertiary/aromatic N) is 3. The number of anilines is 1. The molecule has 2 N–H and O–H groups in total. The van der Waals surface area contributed by atoms with Crippen LogP contribution in [0.15, 0.2) is 36.7 Å². The molecule has 0 unspecified atom stereocenters. The fraction of sp³-hybridized carbons (Fsp3) is 0.333. The lowest BCUT2D eigenvalue weighted by molar-refractivity contribution is 0.409. The van der Waals surface area contributed by atoms with Crippen molar-refractivity contribution in [3.63, 3.8) is 0 Å². The molecule has 1 aromatic heterocycles. The zero-order chi connectivity index (χ0) is 14.5. The number of hydrogen-bond acceptors (Lipinski definition) is 6. The fourth-order valence-electron chi connectivity index (χ4n) is 2.24. The van der Waals surface area contributed by atoms with Gasteiger partial charge >= 0.3 is 0 Å². The lowest BCUT2D eigenvalue weighted by atomic mass is 10.3. The van der Waals surface area contributed by atoms with Gasteiger partial charge in [0.2, 0.25) is 5.95 Å². The summed E-state index contributed by atoms with van der Waals surface area (Å²) in [6.07, 6.45) is 4.35. The quantitative estimate of drug-likeness (QED) is 0.896. The molecule has 2 aromatic rings. The third kappa shape index (κ3) is 3.41. The molecule has 0 amide bonds. The first-order chi connectivity index (χ1) is 10.3. The Balaban J connectivity index is 1.70. The van der Waals surface area contributed by atoms with Gasteiger partial charge in [0.05, 0.1) is 12.4 Å². The molecule has 1 fully saturated rings. The third-order valence-corrected chi connectivity index (χ3v) is 3.33. The first-order valence-corrected chi connectivity index (χ1v) is 7.06. The minimum atomic E-state index is 0.0974. The van der Waals surface area contributed by atoms with Crippen LogP contribution in [0.5, 0.6) is 17.2 Å². The van der Waals surface area contributed by atoms with Gasteiger partial charge in [-0.25, -0.2) is 9.97 Å². The van der Waals surface area contributed by atoms with Gasteiger partial charge in [0, 0.05) is 19.6 Å². The van der Waals surface area contributed by atoms with Gasteiger partial charge < -0.3 is 20.1 Å². The fourth-order valence-corrected chi connectivity index (χ4v) is 2.24. The van der Waals surface area contributed by atoms with Crippen molar-refractivity contribution < 1.29 is 9.84 Å². The summed E-state index contributed by atoms with van der Waals surface area (Å²) >= 11 is 0. The van der Waals surface area contributed by atoms with Gasteiger partial charge in [0.15, 0.2) is 17.2 Å². The average Bonchev–Trinajstić information content (AvgIpc) is 2.80. The topological polar surface area (TPSA) is 70.5 Å². The molecule has 1 aliphatic heterocycles. The van der Waals surface area contributed by atoms with E-state index in [1.54, 1.807) is 36.7 Å². The second kappa shape index (κ2) is 6.41. The number of benzene rings is 1. The van der Waals surface area contributed by atoms with Crippen molar-refractivity contribution in [1.82, 2.24) is 15.3 Å². The maximum absolute atomic E-state index is 9.68. The van der Waals surface area contributed by atoms with Crippen molar-refractivity contribution >= 4 is 5.95 Å². The van der Waals surface area contributed by atoms with E-state index < -0.39 is 0 Å². The molecule has 1 aromatic carbocycles. The van der Waals surface area contributed by atoms with E-state index in [1.165, 1.54) is 0 Å². The van der Waals surface area contributed by atoms with Gasteiger partial charge in [-0.1, -0.05) is 12.1 Å². The minimum absolute atomic E-state index is 0.0974. The van der Waals surface area contributed by atoms with E-state index in [0.717, 1.165) is 32.6 Å². The van der Waals surface area contributed by atoms with Gasteiger partial charge in [-0.05, 0) is 25.1 Å². The molecule has 6 nitrogen and oxygen atoms in total. The van der Waals surface area contributed by atoms with E-state index in [2.05, 4.69) is 20.2 Å². The number of ether oxygens (including phenoxy) is 1. The minimum Gasteiger partial charge on any atom is -0.504 e. The summed E-state index contributed by atoms with van der Waals surface area (Å²) in [6.45, 7) is 3.83. The molecule has 0 radical (unpaired) electrons. The van der Waals surface area contributed by atoms with Crippen LogP contribution in [-0.2, 0) is 0 Å². The summed E-state index contributed by atoms with van der Waals surface area (Å²) in [7, 11) is 0. The van der Waals surface area contributed by atoms with Crippen molar-refractivity contribution in [1.29, 1.82) is 0 Å². The van der Waals surface area contributed by atoms with E-state index in [0.29, 0.717) is 17.4 Å². The molecule has 2 heterocycles. The van der Waals surface area contributed by atoms with Crippen molar-refractivity contribution in [2.24, 2.45) is 0 Å². The summed E-state index contributed by atoms with van der Waals surface area (Å²) in [5.41, 5.74) is 0. The summed E-state index contributed by atoms with van der Waals surface area (Å²) < 4.78 is 5.57. The maximum Gasteiger partial charge on any atom is 0.225 e. The zero-order valence-corrected chi connectivity index (χ0v) is 11.7. The third-order valence-electron chi connectivity index (χ3n) is 3.33. The Morgan fingerprint density at radius 2 is 1.90 bits per heavy atom. The van der Waals surface area contributed by atoms with Crippen molar-refractivity contribution in [2.45, 2.75) is 6.42 Å². The largest absolute Gasteiger partial charge is 0.504 e. The monoisotopic (exact) mass is 286 g/mol. The lowest BCUT2D eigenvalue weighted by Crippen LogP contribution is -2.29. The van der Waals surface area contributed by atoms with Crippen LogP contribution in [0.3, 0.4) is 0 Å². The SMILES string of the molecule is Oc1ccccc1Oc1cnc(N2CCCNCC2)nc1. The second-order valence-corrected chi connectivity index (χ2v) is 4.88. The van der Waals surface area contributed by atoms with Gasteiger partial charge in [-0.15, -0.1) is 0 Å². The molecular weight excluding hydrogens is 268 g/mol. The summed E-state index contributed by atoms with van der Waals surface area (Å²) in [5.74, 6) is 1.71. The van der Waals surface area contributed by atoms with Crippen LogP contribution in [0.1, 0.15) is 6.42 Å². The molecule has 6 heteroatoms. The van der Waals surface area contributed by atoms with Crippen LogP contribution < -0.4 is 15.0 Å². The Morgan fingerprint density at radius 1 is 1.10 bits per heavy atom. The van der Waals surface area contributed by atoms with Crippen molar-refractivity contribution in [2.75, 3.05) is 31.1 Å². The molecule has 3 rings (SSSR count). The molecule has 0 aliphatic carbocycles. The van der Waals surface area contributed by atoms with Crippen LogP contribution in [0.25, 0.3) is 0 Å². The first-order valence-electron chi connectivity index (χ1n) is 7.06. The molecule has 0 saturated carbocycles. The highest BCUT2D eigenvalue weighted by molar-refractivity contribution is 5.41. The van der Waals surface area contributed by atoms with Crippen LogP contribution in [0, 0.1) is 0 Å². The standard InChI is InChI=1S/C15H18N4O2/c20-13-4-1-2-5-14(13)21-12-10-17-15(18-11-12)19-8-3-6-16-7-9-19/h1-2,4-5,10-11,16,20H,3,6-9H2. The number of rotatable bonds is 3. The number of aromatic hydroxyl groups is 1. The van der Waals surface area contributed by atoms with Crippen LogP contribution in [-0.4, -0.2) is 41.3 Å². The maximum atomic E-state index is 9.68. The van der Waals surface area contributed by atoms with Gasteiger partial charge in [0.25, 0.3) is 0 Å². The number of para-hydroxylation sites is 2. The summed E-state index contributed by atoms with van der Waals surface area (Å²) in [4.78, 5) is 10.9. The molecule has 21 heavy (non-hydrogen) atoms. The smallest absolute Gasteiger partial charge is 0.225 e. The van der Waals surface area contributed by atoms with Crippen molar-refractivity contribution in [3.05, 3.63) is 36.7 Å². The first kappa shape index (κ1) is 13.6. The number of hydrogen-bond donors (Lipinski definition) is 2. The van der Waals surface area contributed by atoms with Gasteiger partial charge in [0.1, 0.15) is 0 Å². The Morgan fingerprint density at radius 3 is 2.71 bits per heavy atom. The van der Waals surface area contributed by atoms with Crippen molar-refractivity contribution in [3.8, 4) is 17.2 Å². The number of aromatic nitrogens is 2. The molecule has 0 atom stereocenters. The normalized spacial score (nSPS) is 15.5. The van der Waals surface area contributed by atoms with E-state index >= 15 is 0 Å². The van der Waals surface area contributed by atoms with E-state index in [1.807, 2.05) is 0 Å². The Bertz CT molecular complexity index is 580. The highest BCUT2D eigenvalue weighted by atomic mass is 16.5. The number of nitrogens with one attached hydrogen (secondary N) is 1. The molecule has 110 valence electrons. The lowest BCUT2D eigenvalue weighted by Gasteiger charge is -2.19. The van der Waals surface area contributed by atoms with Crippen LogP contribution in [0.4, 0.5) is 5.95 Å². The predicted molar refractivity (Wildman–Crippen MR) is 79.9 cm³/mol. The molecule has 0 bridgehead atoms. The van der Waals surface area contributed by atoms with E-state index in [9.17, 15) is 5.11 Å². The average molecular weight is 286 g/mol. The molecule has 0 spiro atoms. The molecule has 1 aliphatic rings. The number of phenols is 1. The highest BCUT2D eigenvalue weighted by Crippen LogP contribution is 2.29. The summed E-state index contributed by atoms with van der Waals surface area (Å²) in [5, 5.41) is 13.0. The predicted octanol–water partition coefficient (Wildman–Crippen LogP) is 1.77. The molecular formula is C15H18N4O2. The van der Waals surface area contributed by atoms with E-state index in [-0.39, 0.29) is 5.75 Å². The van der Waals surface area contributed by atoms with E-state index in [4.69, 9.17) is 4.74 Å². The van der Waals surface area contributed by atoms with Crippen LogP contribution in [0.2, 0.25) is 0 Å².